The lowest BCUT2D eigenvalue weighted by molar-refractivity contribution is 0.119. The second kappa shape index (κ2) is 4.80. The Morgan fingerprint density at radius 3 is 3.00 bits per heavy atom. The van der Waals surface area contributed by atoms with Gasteiger partial charge in [0.25, 0.3) is 0 Å². The van der Waals surface area contributed by atoms with Crippen molar-refractivity contribution in [3.63, 3.8) is 0 Å². The summed E-state index contributed by atoms with van der Waals surface area (Å²) in [6.07, 6.45) is 2.36. The number of β-amino-alcohol motifs (C(OH)–C–C–N with tert-alkyl or cyclic N) is 1. The third-order valence-electron chi connectivity index (χ3n) is 2.44. The third-order valence-corrected chi connectivity index (χ3v) is 2.44. The minimum atomic E-state index is -0.192. The molecular formula is C9H20N2O. The Balaban J connectivity index is 2.30. The summed E-state index contributed by atoms with van der Waals surface area (Å²) in [6.45, 7) is 4.88. The molecule has 0 aromatic rings. The molecule has 12 heavy (non-hydrogen) atoms. The van der Waals surface area contributed by atoms with Gasteiger partial charge in [-0.1, -0.05) is 0 Å². The fourth-order valence-corrected chi connectivity index (χ4v) is 1.94. The number of hydrogen-bond donors (Lipinski definition) is 2. The van der Waals surface area contributed by atoms with Crippen LogP contribution in [0.1, 0.15) is 19.8 Å². The maximum atomic E-state index is 9.24. The van der Waals surface area contributed by atoms with Crippen LogP contribution < -0.4 is 5.32 Å². The average Bonchev–Trinajstić information content (AvgIpc) is 2.37. The molecule has 1 fully saturated rings. The van der Waals surface area contributed by atoms with Crippen LogP contribution >= 0.6 is 0 Å². The van der Waals surface area contributed by atoms with Gasteiger partial charge >= 0.3 is 0 Å². The largest absolute Gasteiger partial charge is 0.392 e. The van der Waals surface area contributed by atoms with Crippen molar-refractivity contribution in [1.82, 2.24) is 10.2 Å². The van der Waals surface area contributed by atoms with Crippen molar-refractivity contribution in [2.24, 2.45) is 0 Å². The van der Waals surface area contributed by atoms with Gasteiger partial charge in [-0.05, 0) is 33.4 Å². The van der Waals surface area contributed by atoms with Gasteiger partial charge in [0, 0.05) is 19.1 Å². The molecule has 3 heteroatoms. The standard InChI is InChI=1S/C9H20N2O/c1-8(12)7-11-5-3-4-9(11)6-10-2/h8-10,12H,3-7H2,1-2H3. The van der Waals surface area contributed by atoms with Crippen molar-refractivity contribution < 1.29 is 5.11 Å². The van der Waals surface area contributed by atoms with Crippen LogP contribution in [-0.4, -0.2) is 48.8 Å². The van der Waals surface area contributed by atoms with Gasteiger partial charge < -0.3 is 10.4 Å². The lowest BCUT2D eigenvalue weighted by Crippen LogP contribution is -2.40. The van der Waals surface area contributed by atoms with E-state index in [0.717, 1.165) is 19.6 Å². The number of aliphatic hydroxyl groups excluding tert-OH is 1. The Kier molecular flexibility index (Phi) is 3.98. The number of nitrogens with zero attached hydrogens (tertiary/aromatic N) is 1. The molecule has 0 aromatic heterocycles. The van der Waals surface area contributed by atoms with E-state index in [2.05, 4.69) is 10.2 Å². The summed E-state index contributed by atoms with van der Waals surface area (Å²) in [7, 11) is 1.98. The molecule has 1 saturated heterocycles. The van der Waals surface area contributed by atoms with Crippen LogP contribution in [0.15, 0.2) is 0 Å². The molecule has 72 valence electrons. The molecule has 0 aliphatic carbocycles. The zero-order chi connectivity index (χ0) is 8.97. The molecule has 1 aliphatic heterocycles. The predicted molar refractivity (Wildman–Crippen MR) is 50.2 cm³/mol. The van der Waals surface area contributed by atoms with Gasteiger partial charge in [0.2, 0.25) is 0 Å². The summed E-state index contributed by atoms with van der Waals surface area (Å²) >= 11 is 0. The minimum absolute atomic E-state index is 0.192. The van der Waals surface area contributed by atoms with Gasteiger partial charge in [0.1, 0.15) is 0 Å². The molecule has 1 rings (SSSR count). The van der Waals surface area contributed by atoms with Gasteiger partial charge in [-0.2, -0.15) is 0 Å². The van der Waals surface area contributed by atoms with Crippen LogP contribution in [0.4, 0.5) is 0 Å². The summed E-state index contributed by atoms with van der Waals surface area (Å²) in [4.78, 5) is 2.38. The fraction of sp³-hybridized carbons (Fsp3) is 1.00. The van der Waals surface area contributed by atoms with Crippen molar-refractivity contribution in [2.45, 2.75) is 31.9 Å². The number of nitrogens with one attached hydrogen (secondary N) is 1. The molecule has 0 saturated carbocycles. The Labute approximate surface area is 74.8 Å². The van der Waals surface area contributed by atoms with Gasteiger partial charge in [-0.25, -0.2) is 0 Å². The Hall–Kier alpha value is -0.120. The first-order valence-electron chi connectivity index (χ1n) is 4.80. The van der Waals surface area contributed by atoms with Crippen molar-refractivity contribution in [3.8, 4) is 0 Å². The SMILES string of the molecule is CNCC1CCCN1CC(C)O. The highest BCUT2D eigenvalue weighted by Crippen LogP contribution is 2.16. The van der Waals surface area contributed by atoms with E-state index >= 15 is 0 Å². The smallest absolute Gasteiger partial charge is 0.0639 e. The van der Waals surface area contributed by atoms with Gasteiger partial charge in [0.05, 0.1) is 6.10 Å². The van der Waals surface area contributed by atoms with E-state index in [9.17, 15) is 5.11 Å². The normalized spacial score (nSPS) is 27.8. The molecule has 0 amide bonds. The van der Waals surface area contributed by atoms with Crippen LogP contribution in [0, 0.1) is 0 Å². The van der Waals surface area contributed by atoms with Crippen molar-refractivity contribution in [1.29, 1.82) is 0 Å². The zero-order valence-electron chi connectivity index (χ0n) is 8.08. The van der Waals surface area contributed by atoms with Crippen molar-refractivity contribution >= 4 is 0 Å². The molecule has 2 unspecified atom stereocenters. The van der Waals surface area contributed by atoms with E-state index in [1.54, 1.807) is 0 Å². The van der Waals surface area contributed by atoms with Crippen LogP contribution in [-0.2, 0) is 0 Å². The molecule has 0 spiro atoms. The number of likely N-dealkylation sites (N-methyl/N-ethyl adjacent to an activating group) is 1. The van der Waals surface area contributed by atoms with Crippen molar-refractivity contribution in [2.75, 3.05) is 26.7 Å². The Bertz CT molecular complexity index is 128. The Morgan fingerprint density at radius 2 is 2.42 bits per heavy atom. The van der Waals surface area contributed by atoms with Crippen LogP contribution in [0.5, 0.6) is 0 Å². The van der Waals surface area contributed by atoms with Gasteiger partial charge in [-0.15, -0.1) is 0 Å². The maximum absolute atomic E-state index is 9.24. The second-order valence-corrected chi connectivity index (χ2v) is 3.70. The first-order chi connectivity index (χ1) is 5.74. The zero-order valence-corrected chi connectivity index (χ0v) is 8.08. The molecule has 3 nitrogen and oxygen atoms in total. The molecule has 1 aliphatic rings. The summed E-state index contributed by atoms with van der Waals surface area (Å²) in [5.41, 5.74) is 0. The van der Waals surface area contributed by atoms with Crippen LogP contribution in [0.3, 0.4) is 0 Å². The van der Waals surface area contributed by atoms with E-state index in [4.69, 9.17) is 0 Å². The molecule has 0 bridgehead atoms. The van der Waals surface area contributed by atoms with E-state index in [1.807, 2.05) is 14.0 Å². The lowest BCUT2D eigenvalue weighted by Gasteiger charge is -2.25. The molecule has 2 atom stereocenters. The van der Waals surface area contributed by atoms with Gasteiger partial charge in [-0.3, -0.25) is 4.90 Å². The third kappa shape index (κ3) is 2.73. The van der Waals surface area contributed by atoms with Crippen LogP contribution in [0.2, 0.25) is 0 Å². The average molecular weight is 172 g/mol. The summed E-state index contributed by atoms with van der Waals surface area (Å²) < 4.78 is 0. The first kappa shape index (κ1) is 9.96. The fourth-order valence-electron chi connectivity index (χ4n) is 1.94. The molecular weight excluding hydrogens is 152 g/mol. The van der Waals surface area contributed by atoms with Crippen molar-refractivity contribution in [3.05, 3.63) is 0 Å². The van der Waals surface area contributed by atoms with E-state index in [0.29, 0.717) is 6.04 Å². The van der Waals surface area contributed by atoms with Gasteiger partial charge in [0.15, 0.2) is 0 Å². The monoisotopic (exact) mass is 172 g/mol. The highest BCUT2D eigenvalue weighted by atomic mass is 16.3. The topological polar surface area (TPSA) is 35.5 Å². The van der Waals surface area contributed by atoms with E-state index in [-0.39, 0.29) is 6.10 Å². The number of aliphatic hydroxyl groups is 1. The Morgan fingerprint density at radius 1 is 1.67 bits per heavy atom. The molecule has 2 N–H and O–H groups in total. The van der Waals surface area contributed by atoms with E-state index in [1.165, 1.54) is 12.8 Å². The maximum Gasteiger partial charge on any atom is 0.0639 e. The quantitative estimate of drug-likeness (QED) is 0.629. The van der Waals surface area contributed by atoms with E-state index < -0.39 is 0 Å². The summed E-state index contributed by atoms with van der Waals surface area (Å²) in [5.74, 6) is 0. The second-order valence-electron chi connectivity index (χ2n) is 3.70. The summed E-state index contributed by atoms with van der Waals surface area (Å²) in [6, 6.07) is 0.643. The number of hydrogen-bond acceptors (Lipinski definition) is 3. The molecule has 1 heterocycles. The lowest BCUT2D eigenvalue weighted by atomic mass is 10.2. The highest BCUT2D eigenvalue weighted by Gasteiger charge is 2.24. The minimum Gasteiger partial charge on any atom is -0.392 e. The summed E-state index contributed by atoms with van der Waals surface area (Å²) in [5, 5.41) is 12.4. The highest BCUT2D eigenvalue weighted by molar-refractivity contribution is 4.81. The van der Waals surface area contributed by atoms with Crippen LogP contribution in [0.25, 0.3) is 0 Å². The molecule has 0 aromatic carbocycles. The number of rotatable bonds is 4. The predicted octanol–water partition coefficient (Wildman–Crippen LogP) is 0.0510. The molecule has 0 radical (unpaired) electrons. The number of likely N-dealkylation sites (tertiary alicyclic amines) is 1. The first-order valence-corrected chi connectivity index (χ1v) is 4.80.